The van der Waals surface area contributed by atoms with Crippen molar-refractivity contribution in [3.8, 4) is 23.0 Å². The molecule has 0 heterocycles. The molecular weight excluding hydrogens is 660 g/mol. The number of nitro groups is 4. The van der Waals surface area contributed by atoms with Crippen LogP contribution in [0.25, 0.3) is 0 Å². The van der Waals surface area contributed by atoms with Crippen LogP contribution >= 0.6 is 0 Å². The van der Waals surface area contributed by atoms with E-state index in [0.29, 0.717) is 35.1 Å². The van der Waals surface area contributed by atoms with Crippen molar-refractivity contribution in [3.63, 3.8) is 0 Å². The lowest BCUT2D eigenvalue weighted by atomic mass is 10.1. The lowest BCUT2D eigenvalue weighted by Gasteiger charge is -2.11. The van der Waals surface area contributed by atoms with Crippen molar-refractivity contribution in [2.24, 2.45) is 0 Å². The van der Waals surface area contributed by atoms with Crippen molar-refractivity contribution in [3.05, 3.63) is 161 Å². The Hall–Kier alpha value is -7.76. The second-order valence-electron chi connectivity index (χ2n) is 10.1. The van der Waals surface area contributed by atoms with Gasteiger partial charge in [0.05, 0.1) is 31.8 Å². The highest BCUT2D eigenvalue weighted by atomic mass is 16.6. The number of ether oxygens (including phenoxy) is 2. The van der Waals surface area contributed by atoms with Crippen molar-refractivity contribution in [2.45, 2.75) is 0 Å². The number of nitrogens with one attached hydrogen (secondary N) is 2. The van der Waals surface area contributed by atoms with Gasteiger partial charge in [-0.25, -0.2) is 0 Å². The van der Waals surface area contributed by atoms with Crippen LogP contribution in [0.15, 0.2) is 109 Å². The van der Waals surface area contributed by atoms with Gasteiger partial charge in [-0.15, -0.1) is 0 Å². The van der Waals surface area contributed by atoms with Crippen LogP contribution in [0.3, 0.4) is 0 Å². The molecule has 50 heavy (non-hydrogen) atoms. The molecule has 0 saturated carbocycles. The zero-order valence-corrected chi connectivity index (χ0v) is 25.1. The number of carbonyl (C=O) groups excluding carboxylic acids is 2. The zero-order chi connectivity index (χ0) is 35.9. The van der Waals surface area contributed by atoms with E-state index in [0.717, 1.165) is 24.3 Å². The molecule has 0 aliphatic carbocycles. The molecule has 5 aromatic rings. The smallest absolute Gasteiger partial charge is 0.289 e. The summed E-state index contributed by atoms with van der Waals surface area (Å²) in [6.45, 7) is 0. The van der Waals surface area contributed by atoms with E-state index in [2.05, 4.69) is 10.6 Å². The van der Waals surface area contributed by atoms with Gasteiger partial charge >= 0.3 is 0 Å². The highest BCUT2D eigenvalue weighted by Crippen LogP contribution is 2.31. The quantitative estimate of drug-likeness (QED) is 0.0965. The minimum atomic E-state index is -0.880. The van der Waals surface area contributed by atoms with Gasteiger partial charge < -0.3 is 20.1 Å². The van der Waals surface area contributed by atoms with Gasteiger partial charge in [0.15, 0.2) is 0 Å². The normalized spacial score (nSPS) is 10.4. The van der Waals surface area contributed by atoms with Crippen molar-refractivity contribution >= 4 is 45.9 Å². The van der Waals surface area contributed by atoms with Gasteiger partial charge in [-0.2, -0.15) is 0 Å². The first-order chi connectivity index (χ1) is 23.9. The molecule has 0 fully saturated rings. The number of carbonyl (C=O) groups is 2. The SMILES string of the molecule is O=C(Nc1ccc(Oc2cccc(Oc3ccc(NC(=O)c4ccc([N+](=O)[O-])cc4[N+](=O)[O-])cc3)c2)cc1)c1ccc([N+](=O)[O-])cc1[N+](=O)[O-]. The first-order valence-corrected chi connectivity index (χ1v) is 14.0. The van der Waals surface area contributed by atoms with Crippen LogP contribution in [0.4, 0.5) is 34.1 Å². The number of hydrogen-bond donors (Lipinski definition) is 2. The lowest BCUT2D eigenvalue weighted by molar-refractivity contribution is -0.394. The summed E-state index contributed by atoms with van der Waals surface area (Å²) >= 11 is 0. The standard InChI is InChI=1S/C32H20N6O12/c39-31(27-14-8-21(35(41)42)16-29(27)37(45)46)33-19-4-10-23(11-5-19)49-25-2-1-3-26(18-25)50-24-12-6-20(7-13-24)34-32(40)28-15-9-22(36(43)44)17-30(28)38(47)48/h1-18H,(H,33,39)(H,34,40). The van der Waals surface area contributed by atoms with Crippen molar-refractivity contribution in [1.82, 2.24) is 0 Å². The number of amides is 2. The average molecular weight is 681 g/mol. The summed E-state index contributed by atoms with van der Waals surface area (Å²) in [5.74, 6) is -0.170. The number of benzene rings is 5. The predicted octanol–water partition coefficient (Wildman–Crippen LogP) is 7.41. The highest BCUT2D eigenvalue weighted by Gasteiger charge is 2.25. The van der Waals surface area contributed by atoms with Gasteiger partial charge in [-0.1, -0.05) is 6.07 Å². The summed E-state index contributed by atoms with van der Waals surface area (Å²) in [5.41, 5.74) is -2.64. The number of hydrogen-bond acceptors (Lipinski definition) is 12. The van der Waals surface area contributed by atoms with E-state index < -0.39 is 54.3 Å². The van der Waals surface area contributed by atoms with Crippen LogP contribution in [0.1, 0.15) is 20.7 Å². The summed E-state index contributed by atoms with van der Waals surface area (Å²) in [5, 5.41) is 49.7. The number of rotatable bonds is 12. The lowest BCUT2D eigenvalue weighted by Crippen LogP contribution is -2.14. The molecule has 0 atom stereocenters. The molecule has 250 valence electrons. The molecule has 18 heteroatoms. The van der Waals surface area contributed by atoms with E-state index in [1.165, 1.54) is 48.5 Å². The third-order valence-electron chi connectivity index (χ3n) is 6.77. The fourth-order valence-electron chi connectivity index (χ4n) is 4.44. The Bertz CT molecular complexity index is 2020. The van der Waals surface area contributed by atoms with Crippen LogP contribution in [0.2, 0.25) is 0 Å². The Labute approximate surface area is 279 Å². The van der Waals surface area contributed by atoms with Crippen molar-refractivity contribution < 1.29 is 38.8 Å². The van der Waals surface area contributed by atoms with Gasteiger partial charge in [0, 0.05) is 29.6 Å². The number of nitrogens with zero attached hydrogens (tertiary/aromatic N) is 4. The Morgan fingerprint density at radius 2 is 0.840 bits per heavy atom. The molecular formula is C32H20N6O12. The summed E-state index contributed by atoms with van der Waals surface area (Å²) < 4.78 is 11.7. The maximum absolute atomic E-state index is 12.7. The van der Waals surface area contributed by atoms with E-state index >= 15 is 0 Å². The molecule has 5 rings (SSSR count). The Balaban J connectivity index is 1.19. The van der Waals surface area contributed by atoms with Gasteiger partial charge in [0.25, 0.3) is 34.6 Å². The molecule has 0 aliphatic heterocycles. The number of nitro benzene ring substituents is 4. The van der Waals surface area contributed by atoms with E-state index in [-0.39, 0.29) is 22.5 Å². The Morgan fingerprint density at radius 1 is 0.460 bits per heavy atom. The molecule has 0 aliphatic rings. The minimum Gasteiger partial charge on any atom is -0.457 e. The largest absolute Gasteiger partial charge is 0.457 e. The highest BCUT2D eigenvalue weighted by molar-refractivity contribution is 6.08. The fourth-order valence-corrected chi connectivity index (χ4v) is 4.44. The number of anilines is 2. The first-order valence-electron chi connectivity index (χ1n) is 14.0. The molecule has 2 N–H and O–H groups in total. The third-order valence-corrected chi connectivity index (χ3v) is 6.77. The molecule has 0 bridgehead atoms. The van der Waals surface area contributed by atoms with Crippen LogP contribution in [0.5, 0.6) is 23.0 Å². The second-order valence-corrected chi connectivity index (χ2v) is 10.1. The maximum atomic E-state index is 12.7. The van der Waals surface area contributed by atoms with Crippen LogP contribution < -0.4 is 20.1 Å². The molecule has 0 saturated heterocycles. The van der Waals surface area contributed by atoms with Crippen LogP contribution in [-0.2, 0) is 0 Å². The maximum Gasteiger partial charge on any atom is 0.289 e. The molecule has 0 radical (unpaired) electrons. The molecule has 2 amide bonds. The molecule has 18 nitrogen and oxygen atoms in total. The summed E-state index contributed by atoms with van der Waals surface area (Å²) in [7, 11) is 0. The van der Waals surface area contributed by atoms with E-state index in [4.69, 9.17) is 9.47 Å². The van der Waals surface area contributed by atoms with Crippen molar-refractivity contribution in [1.29, 1.82) is 0 Å². The summed E-state index contributed by atoms with van der Waals surface area (Å²) in [6, 6.07) is 24.1. The molecule has 0 spiro atoms. The fraction of sp³-hybridized carbons (Fsp3) is 0. The van der Waals surface area contributed by atoms with Crippen molar-refractivity contribution in [2.75, 3.05) is 10.6 Å². The first kappa shape index (κ1) is 33.6. The third kappa shape index (κ3) is 7.96. The molecule has 0 aromatic heterocycles. The van der Waals surface area contributed by atoms with E-state index in [1.807, 2.05) is 0 Å². The van der Waals surface area contributed by atoms with E-state index in [1.54, 1.807) is 24.3 Å². The van der Waals surface area contributed by atoms with Crippen LogP contribution in [-0.4, -0.2) is 31.5 Å². The predicted molar refractivity (Wildman–Crippen MR) is 175 cm³/mol. The zero-order valence-electron chi connectivity index (χ0n) is 25.1. The van der Waals surface area contributed by atoms with E-state index in [9.17, 15) is 50.0 Å². The average Bonchev–Trinajstić information content (AvgIpc) is 3.09. The van der Waals surface area contributed by atoms with Gasteiger partial charge in [0.2, 0.25) is 0 Å². The topological polar surface area (TPSA) is 249 Å². The Morgan fingerprint density at radius 3 is 1.18 bits per heavy atom. The summed E-state index contributed by atoms with van der Waals surface area (Å²) in [4.78, 5) is 66.7. The monoisotopic (exact) mass is 680 g/mol. The van der Waals surface area contributed by atoms with Gasteiger partial charge in [-0.3, -0.25) is 50.0 Å². The van der Waals surface area contributed by atoms with Crippen LogP contribution in [0, 0.1) is 40.5 Å². The van der Waals surface area contributed by atoms with Gasteiger partial charge in [0.1, 0.15) is 34.1 Å². The second kappa shape index (κ2) is 14.3. The Kier molecular flexibility index (Phi) is 9.64. The summed E-state index contributed by atoms with van der Waals surface area (Å²) in [6.07, 6.45) is 0. The molecule has 5 aromatic carbocycles. The molecule has 0 unspecified atom stereocenters. The number of non-ortho nitro benzene ring substituents is 2. The minimum absolute atomic E-state index is 0.276. The van der Waals surface area contributed by atoms with Gasteiger partial charge in [-0.05, 0) is 72.8 Å².